The molecule has 0 radical (unpaired) electrons. The van der Waals surface area contributed by atoms with E-state index in [4.69, 9.17) is 0 Å². The Bertz CT molecular complexity index is 878. The molecule has 0 unspecified atom stereocenters. The number of H-pyrrole nitrogens is 1. The van der Waals surface area contributed by atoms with Gasteiger partial charge in [-0.1, -0.05) is 6.92 Å². The van der Waals surface area contributed by atoms with Crippen molar-refractivity contribution in [3.8, 4) is 0 Å². The van der Waals surface area contributed by atoms with Gasteiger partial charge in [0.25, 0.3) is 5.91 Å². The maximum Gasteiger partial charge on any atom is 0.257 e. The number of fused-ring (bicyclic) bond motifs is 1. The molecule has 0 bridgehead atoms. The second-order valence-corrected chi connectivity index (χ2v) is 6.67. The largest absolute Gasteiger partial charge is 0.372 e. The predicted molar refractivity (Wildman–Crippen MR) is 98.9 cm³/mol. The molecule has 1 fully saturated rings. The molecule has 6 nitrogen and oxygen atoms in total. The number of imidazole rings is 1. The van der Waals surface area contributed by atoms with E-state index in [0.29, 0.717) is 11.2 Å². The Labute approximate surface area is 146 Å². The van der Waals surface area contributed by atoms with Crippen molar-refractivity contribution in [3.05, 3.63) is 48.4 Å². The predicted octanol–water partition coefficient (Wildman–Crippen LogP) is 3.45. The third-order valence-corrected chi connectivity index (χ3v) is 4.81. The lowest BCUT2D eigenvalue weighted by molar-refractivity contribution is 0.102. The highest BCUT2D eigenvalue weighted by Gasteiger charge is 2.16. The van der Waals surface area contributed by atoms with Gasteiger partial charge in [-0.2, -0.15) is 0 Å². The highest BCUT2D eigenvalue weighted by Crippen LogP contribution is 2.24. The number of nitrogens with one attached hydrogen (secondary N) is 2. The molecule has 1 amide bonds. The monoisotopic (exact) mass is 335 g/mol. The third kappa shape index (κ3) is 3.33. The van der Waals surface area contributed by atoms with E-state index < -0.39 is 0 Å². The molecule has 4 rings (SSSR count). The third-order valence-electron chi connectivity index (χ3n) is 4.81. The Morgan fingerprint density at radius 3 is 2.72 bits per heavy atom. The van der Waals surface area contributed by atoms with Crippen molar-refractivity contribution in [1.29, 1.82) is 0 Å². The van der Waals surface area contributed by atoms with Gasteiger partial charge in [0.15, 0.2) is 5.65 Å². The number of pyridine rings is 1. The second-order valence-electron chi connectivity index (χ2n) is 6.67. The molecular formula is C19H21N5O. The first kappa shape index (κ1) is 15.6. The standard InChI is InChI=1S/C19H21N5O/c1-13-6-8-24(9-7-13)16-4-2-15(3-5-16)23-19(25)14-10-17-18(20-11-14)22-12-21-17/h2-5,10-13H,6-9H2,1H3,(H,23,25)(H,20,21,22). The first-order valence-corrected chi connectivity index (χ1v) is 8.64. The van der Waals surface area contributed by atoms with Crippen molar-refractivity contribution in [1.82, 2.24) is 15.0 Å². The molecule has 0 spiro atoms. The zero-order chi connectivity index (χ0) is 17.2. The maximum atomic E-state index is 12.4. The Hall–Kier alpha value is -2.89. The zero-order valence-corrected chi connectivity index (χ0v) is 14.2. The van der Waals surface area contributed by atoms with Crippen LogP contribution in [0.5, 0.6) is 0 Å². The van der Waals surface area contributed by atoms with Crippen LogP contribution >= 0.6 is 0 Å². The lowest BCUT2D eigenvalue weighted by Crippen LogP contribution is -2.32. The van der Waals surface area contributed by atoms with Crippen molar-refractivity contribution in [2.24, 2.45) is 5.92 Å². The Kier molecular flexibility index (Phi) is 4.09. The molecule has 128 valence electrons. The van der Waals surface area contributed by atoms with Gasteiger partial charge in [-0.15, -0.1) is 0 Å². The van der Waals surface area contributed by atoms with Crippen LogP contribution in [0.15, 0.2) is 42.9 Å². The number of nitrogens with zero attached hydrogens (tertiary/aromatic N) is 3. The van der Waals surface area contributed by atoms with Gasteiger partial charge in [0.2, 0.25) is 0 Å². The summed E-state index contributed by atoms with van der Waals surface area (Å²) in [6.07, 6.45) is 5.59. The van der Waals surface area contributed by atoms with Gasteiger partial charge in [-0.05, 0) is 49.1 Å². The summed E-state index contributed by atoms with van der Waals surface area (Å²) in [5.41, 5.74) is 3.86. The number of carbonyl (C=O) groups excluding carboxylic acids is 1. The number of aromatic amines is 1. The van der Waals surface area contributed by atoms with E-state index in [1.165, 1.54) is 18.5 Å². The first-order valence-electron chi connectivity index (χ1n) is 8.64. The van der Waals surface area contributed by atoms with Crippen LogP contribution < -0.4 is 10.2 Å². The van der Waals surface area contributed by atoms with Gasteiger partial charge in [-0.3, -0.25) is 4.79 Å². The number of anilines is 2. The summed E-state index contributed by atoms with van der Waals surface area (Å²) < 4.78 is 0. The van der Waals surface area contributed by atoms with Gasteiger partial charge in [0.05, 0.1) is 17.4 Å². The van der Waals surface area contributed by atoms with Crippen LogP contribution in [0.2, 0.25) is 0 Å². The van der Waals surface area contributed by atoms with Crippen molar-refractivity contribution in [3.63, 3.8) is 0 Å². The normalized spacial score (nSPS) is 15.5. The van der Waals surface area contributed by atoms with E-state index in [0.717, 1.165) is 30.2 Å². The van der Waals surface area contributed by atoms with Crippen molar-refractivity contribution in [2.45, 2.75) is 19.8 Å². The van der Waals surface area contributed by atoms with E-state index in [-0.39, 0.29) is 5.91 Å². The maximum absolute atomic E-state index is 12.4. The summed E-state index contributed by atoms with van der Waals surface area (Å²) in [5, 5.41) is 2.92. The highest BCUT2D eigenvalue weighted by atomic mass is 16.1. The minimum atomic E-state index is -0.177. The van der Waals surface area contributed by atoms with E-state index >= 15 is 0 Å². The molecule has 25 heavy (non-hydrogen) atoms. The van der Waals surface area contributed by atoms with Gasteiger partial charge < -0.3 is 15.2 Å². The summed E-state index contributed by atoms with van der Waals surface area (Å²) in [7, 11) is 0. The summed E-state index contributed by atoms with van der Waals surface area (Å²) in [6.45, 7) is 4.51. The number of amides is 1. The molecule has 1 aliphatic heterocycles. The van der Waals surface area contributed by atoms with Crippen LogP contribution in [-0.2, 0) is 0 Å². The van der Waals surface area contributed by atoms with Crippen LogP contribution in [-0.4, -0.2) is 33.9 Å². The van der Waals surface area contributed by atoms with Crippen LogP contribution in [0.3, 0.4) is 0 Å². The van der Waals surface area contributed by atoms with Crippen LogP contribution in [0, 0.1) is 5.92 Å². The average molecular weight is 335 g/mol. The minimum absolute atomic E-state index is 0.177. The summed E-state index contributed by atoms with van der Waals surface area (Å²) in [6, 6.07) is 9.80. The molecule has 2 aromatic heterocycles. The molecule has 0 saturated carbocycles. The second kappa shape index (κ2) is 6.55. The fourth-order valence-electron chi connectivity index (χ4n) is 3.18. The lowest BCUT2D eigenvalue weighted by Gasteiger charge is -2.32. The van der Waals surface area contributed by atoms with Crippen molar-refractivity contribution < 1.29 is 4.79 Å². The van der Waals surface area contributed by atoms with Crippen LogP contribution in [0.4, 0.5) is 11.4 Å². The minimum Gasteiger partial charge on any atom is -0.372 e. The van der Waals surface area contributed by atoms with E-state index in [9.17, 15) is 4.79 Å². The molecule has 6 heteroatoms. The zero-order valence-electron chi connectivity index (χ0n) is 14.2. The number of carbonyl (C=O) groups is 1. The first-order chi connectivity index (χ1) is 12.2. The number of rotatable bonds is 3. The number of piperidine rings is 1. The number of benzene rings is 1. The molecular weight excluding hydrogens is 314 g/mol. The Morgan fingerprint density at radius 2 is 1.96 bits per heavy atom. The van der Waals surface area contributed by atoms with Gasteiger partial charge in [-0.25, -0.2) is 9.97 Å². The quantitative estimate of drug-likeness (QED) is 0.769. The molecule has 1 aliphatic rings. The molecule has 1 aromatic carbocycles. The number of hydrogen-bond acceptors (Lipinski definition) is 4. The van der Waals surface area contributed by atoms with Crippen LogP contribution in [0.1, 0.15) is 30.1 Å². The molecule has 3 aromatic rings. The molecule has 0 atom stereocenters. The van der Waals surface area contributed by atoms with Gasteiger partial charge in [0, 0.05) is 30.7 Å². The lowest BCUT2D eigenvalue weighted by atomic mass is 9.99. The van der Waals surface area contributed by atoms with Gasteiger partial charge in [0.1, 0.15) is 0 Å². The molecule has 1 saturated heterocycles. The summed E-state index contributed by atoms with van der Waals surface area (Å²) in [5.74, 6) is 0.638. The summed E-state index contributed by atoms with van der Waals surface area (Å²) >= 11 is 0. The number of hydrogen-bond donors (Lipinski definition) is 2. The SMILES string of the molecule is CC1CCN(c2ccc(NC(=O)c3cnc4nc[nH]c4c3)cc2)CC1. The Balaban J connectivity index is 1.44. The topological polar surface area (TPSA) is 73.9 Å². The van der Waals surface area contributed by atoms with E-state index in [1.807, 2.05) is 12.1 Å². The van der Waals surface area contributed by atoms with Crippen molar-refractivity contribution >= 4 is 28.4 Å². The smallest absolute Gasteiger partial charge is 0.257 e. The summed E-state index contributed by atoms with van der Waals surface area (Å²) in [4.78, 5) is 26.0. The fraction of sp³-hybridized carbons (Fsp3) is 0.316. The van der Waals surface area contributed by atoms with Crippen molar-refractivity contribution in [2.75, 3.05) is 23.3 Å². The fourth-order valence-corrected chi connectivity index (χ4v) is 3.18. The van der Waals surface area contributed by atoms with E-state index in [2.05, 4.69) is 44.2 Å². The Morgan fingerprint density at radius 1 is 1.20 bits per heavy atom. The molecule has 3 heterocycles. The highest BCUT2D eigenvalue weighted by molar-refractivity contribution is 6.05. The molecule has 2 N–H and O–H groups in total. The average Bonchev–Trinajstić information content (AvgIpc) is 3.11. The molecule has 0 aliphatic carbocycles. The van der Waals surface area contributed by atoms with Gasteiger partial charge >= 0.3 is 0 Å². The van der Waals surface area contributed by atoms with Crippen LogP contribution in [0.25, 0.3) is 11.2 Å². The van der Waals surface area contributed by atoms with E-state index in [1.54, 1.807) is 18.6 Å². The number of aromatic nitrogens is 3.